The lowest BCUT2D eigenvalue weighted by Gasteiger charge is -2.50. The smallest absolute Gasteiger partial charge is 0.0334 e. The first-order valence-electron chi connectivity index (χ1n) is 9.20. The third kappa shape index (κ3) is 3.57. The Kier molecular flexibility index (Phi) is 6.35. The molecule has 2 nitrogen and oxygen atoms in total. The van der Waals surface area contributed by atoms with Crippen LogP contribution in [-0.4, -0.2) is 36.1 Å². The van der Waals surface area contributed by atoms with Gasteiger partial charge in [-0.15, -0.1) is 0 Å². The Labute approximate surface area is 126 Å². The zero-order chi connectivity index (χ0) is 14.4. The van der Waals surface area contributed by atoms with Crippen LogP contribution >= 0.6 is 0 Å². The summed E-state index contributed by atoms with van der Waals surface area (Å²) in [5, 5.41) is 3.96. The van der Waals surface area contributed by atoms with Gasteiger partial charge in [-0.25, -0.2) is 0 Å². The quantitative estimate of drug-likeness (QED) is 0.752. The van der Waals surface area contributed by atoms with Crippen LogP contribution < -0.4 is 5.32 Å². The van der Waals surface area contributed by atoms with Crippen LogP contribution in [0.3, 0.4) is 0 Å². The average Bonchev–Trinajstić information content (AvgIpc) is 3.02. The van der Waals surface area contributed by atoms with Crippen molar-refractivity contribution in [2.24, 2.45) is 5.92 Å². The highest BCUT2D eigenvalue weighted by Crippen LogP contribution is 2.37. The van der Waals surface area contributed by atoms with E-state index in [4.69, 9.17) is 0 Å². The van der Waals surface area contributed by atoms with Gasteiger partial charge in [0.05, 0.1) is 0 Å². The molecule has 0 aromatic heterocycles. The van der Waals surface area contributed by atoms with Gasteiger partial charge in [0.25, 0.3) is 0 Å². The van der Waals surface area contributed by atoms with Crippen LogP contribution in [0.15, 0.2) is 0 Å². The summed E-state index contributed by atoms with van der Waals surface area (Å²) in [5.74, 6) is 0.911. The molecule has 118 valence electrons. The van der Waals surface area contributed by atoms with Gasteiger partial charge in [-0.3, -0.25) is 4.90 Å². The number of piperidine rings is 1. The van der Waals surface area contributed by atoms with Gasteiger partial charge in [-0.1, -0.05) is 33.1 Å². The first-order valence-corrected chi connectivity index (χ1v) is 9.20. The molecule has 2 fully saturated rings. The maximum Gasteiger partial charge on any atom is 0.0334 e. The largest absolute Gasteiger partial charge is 0.312 e. The van der Waals surface area contributed by atoms with Crippen LogP contribution in [0, 0.1) is 5.92 Å². The summed E-state index contributed by atoms with van der Waals surface area (Å²) in [7, 11) is 0. The second kappa shape index (κ2) is 7.79. The minimum atomic E-state index is 0.366. The van der Waals surface area contributed by atoms with Crippen molar-refractivity contribution in [3.05, 3.63) is 0 Å². The van der Waals surface area contributed by atoms with Gasteiger partial charge in [-0.05, 0) is 71.0 Å². The number of likely N-dealkylation sites (tertiary alicyclic amines) is 1. The SMILES string of the molecule is CCCNC(C1CCCC1)C(C)(CC)N1CCCCC1. The molecule has 0 bridgehead atoms. The number of nitrogens with zero attached hydrogens (tertiary/aromatic N) is 1. The Morgan fingerprint density at radius 2 is 1.70 bits per heavy atom. The van der Waals surface area contributed by atoms with Crippen LogP contribution in [0.25, 0.3) is 0 Å². The Balaban J connectivity index is 2.12. The molecule has 0 aromatic rings. The van der Waals surface area contributed by atoms with Crippen LogP contribution in [-0.2, 0) is 0 Å². The minimum absolute atomic E-state index is 0.366. The van der Waals surface area contributed by atoms with E-state index in [1.54, 1.807) is 0 Å². The fourth-order valence-electron chi connectivity index (χ4n) is 4.53. The highest BCUT2D eigenvalue weighted by Gasteiger charge is 2.42. The summed E-state index contributed by atoms with van der Waals surface area (Å²) in [5.41, 5.74) is 0.366. The van der Waals surface area contributed by atoms with E-state index in [9.17, 15) is 0 Å². The minimum Gasteiger partial charge on any atom is -0.312 e. The molecule has 1 aliphatic carbocycles. The summed E-state index contributed by atoms with van der Waals surface area (Å²) < 4.78 is 0. The highest BCUT2D eigenvalue weighted by atomic mass is 15.2. The van der Waals surface area contributed by atoms with Crippen LogP contribution in [0.1, 0.15) is 78.6 Å². The molecule has 1 aliphatic heterocycles. The van der Waals surface area contributed by atoms with Crippen LogP contribution in [0.5, 0.6) is 0 Å². The van der Waals surface area contributed by atoms with E-state index in [0.717, 1.165) is 5.92 Å². The van der Waals surface area contributed by atoms with Crippen molar-refractivity contribution in [2.75, 3.05) is 19.6 Å². The predicted molar refractivity (Wildman–Crippen MR) is 88.2 cm³/mol. The molecule has 2 heteroatoms. The van der Waals surface area contributed by atoms with Crippen LogP contribution in [0.4, 0.5) is 0 Å². The zero-order valence-electron chi connectivity index (χ0n) is 14.1. The van der Waals surface area contributed by atoms with Crippen molar-refractivity contribution < 1.29 is 0 Å². The van der Waals surface area contributed by atoms with Gasteiger partial charge in [-0.2, -0.15) is 0 Å². The van der Waals surface area contributed by atoms with Gasteiger partial charge in [0.15, 0.2) is 0 Å². The number of nitrogens with one attached hydrogen (secondary N) is 1. The van der Waals surface area contributed by atoms with E-state index in [-0.39, 0.29) is 0 Å². The topological polar surface area (TPSA) is 15.3 Å². The van der Waals surface area contributed by atoms with Gasteiger partial charge in [0.2, 0.25) is 0 Å². The molecule has 0 radical (unpaired) electrons. The third-order valence-electron chi connectivity index (χ3n) is 5.95. The molecule has 1 saturated heterocycles. The van der Waals surface area contributed by atoms with E-state index in [1.807, 2.05) is 0 Å². The van der Waals surface area contributed by atoms with Crippen molar-refractivity contribution in [3.63, 3.8) is 0 Å². The first kappa shape index (κ1) is 16.3. The molecular weight excluding hydrogens is 244 g/mol. The second-order valence-electron chi connectivity index (χ2n) is 7.23. The molecule has 2 aliphatic rings. The van der Waals surface area contributed by atoms with E-state index >= 15 is 0 Å². The van der Waals surface area contributed by atoms with Crippen molar-refractivity contribution >= 4 is 0 Å². The Morgan fingerprint density at radius 3 is 2.25 bits per heavy atom. The second-order valence-corrected chi connectivity index (χ2v) is 7.23. The molecule has 20 heavy (non-hydrogen) atoms. The van der Waals surface area contributed by atoms with Crippen molar-refractivity contribution in [2.45, 2.75) is 90.1 Å². The molecule has 1 heterocycles. The van der Waals surface area contributed by atoms with Gasteiger partial charge in [0.1, 0.15) is 0 Å². The molecule has 2 unspecified atom stereocenters. The summed E-state index contributed by atoms with van der Waals surface area (Å²) in [6.45, 7) is 11.1. The third-order valence-corrected chi connectivity index (χ3v) is 5.95. The van der Waals surface area contributed by atoms with Gasteiger partial charge < -0.3 is 5.32 Å². The Bertz CT molecular complexity index is 267. The molecular formula is C18H36N2. The van der Waals surface area contributed by atoms with Gasteiger partial charge in [0, 0.05) is 11.6 Å². The fourth-order valence-corrected chi connectivity index (χ4v) is 4.53. The number of hydrogen-bond donors (Lipinski definition) is 1. The first-order chi connectivity index (χ1) is 9.72. The normalized spacial score (nSPS) is 26.6. The lowest BCUT2D eigenvalue weighted by atomic mass is 9.78. The highest BCUT2D eigenvalue weighted by molar-refractivity contribution is 5.01. The summed E-state index contributed by atoms with van der Waals surface area (Å²) in [6.07, 6.45) is 12.6. The maximum atomic E-state index is 3.96. The summed E-state index contributed by atoms with van der Waals surface area (Å²) in [6, 6.07) is 0.702. The maximum absolute atomic E-state index is 3.96. The van der Waals surface area contributed by atoms with E-state index in [2.05, 4.69) is 31.0 Å². The lowest BCUT2D eigenvalue weighted by Crippen LogP contribution is -2.62. The number of rotatable bonds is 7. The predicted octanol–water partition coefficient (Wildman–Crippen LogP) is 4.20. The molecule has 0 aromatic carbocycles. The van der Waals surface area contributed by atoms with Crippen LogP contribution in [0.2, 0.25) is 0 Å². The summed E-state index contributed by atoms with van der Waals surface area (Å²) in [4.78, 5) is 2.82. The monoisotopic (exact) mass is 280 g/mol. The van der Waals surface area contributed by atoms with E-state index in [0.29, 0.717) is 11.6 Å². The summed E-state index contributed by atoms with van der Waals surface area (Å²) >= 11 is 0. The fraction of sp³-hybridized carbons (Fsp3) is 1.00. The van der Waals surface area contributed by atoms with Crippen molar-refractivity contribution in [3.8, 4) is 0 Å². The molecule has 2 atom stereocenters. The van der Waals surface area contributed by atoms with Crippen molar-refractivity contribution in [1.82, 2.24) is 10.2 Å². The Morgan fingerprint density at radius 1 is 1.05 bits per heavy atom. The van der Waals surface area contributed by atoms with Crippen molar-refractivity contribution in [1.29, 1.82) is 0 Å². The Hall–Kier alpha value is -0.0800. The molecule has 1 saturated carbocycles. The number of hydrogen-bond acceptors (Lipinski definition) is 2. The lowest BCUT2D eigenvalue weighted by molar-refractivity contribution is 0.0237. The molecule has 2 rings (SSSR count). The average molecular weight is 280 g/mol. The zero-order valence-corrected chi connectivity index (χ0v) is 14.1. The van der Waals surface area contributed by atoms with Gasteiger partial charge >= 0.3 is 0 Å². The molecule has 1 N–H and O–H groups in total. The standard InChI is InChI=1S/C18H36N2/c1-4-13-19-17(16-11-7-8-12-16)18(3,5-2)20-14-9-6-10-15-20/h16-17,19H,4-15H2,1-3H3. The van der Waals surface area contributed by atoms with E-state index in [1.165, 1.54) is 77.4 Å². The molecule has 0 spiro atoms. The molecule has 0 amide bonds. The van der Waals surface area contributed by atoms with E-state index < -0.39 is 0 Å².